The van der Waals surface area contributed by atoms with Crippen LogP contribution in [0, 0.1) is 19.3 Å². The third kappa shape index (κ3) is 2.72. The van der Waals surface area contributed by atoms with Crippen molar-refractivity contribution in [1.82, 2.24) is 0 Å². The second-order valence-corrected chi connectivity index (χ2v) is 5.94. The molecular formula is C17H22O4. The van der Waals surface area contributed by atoms with Crippen LogP contribution in [0.5, 0.6) is 0 Å². The van der Waals surface area contributed by atoms with E-state index in [-0.39, 0.29) is 5.78 Å². The van der Waals surface area contributed by atoms with Gasteiger partial charge in [0.15, 0.2) is 5.78 Å². The summed E-state index contributed by atoms with van der Waals surface area (Å²) in [5, 5.41) is 10.6. The molecule has 0 heterocycles. The molecule has 0 saturated heterocycles. The molecule has 4 heteroatoms. The Labute approximate surface area is 125 Å². The lowest BCUT2D eigenvalue weighted by atomic mass is 9.76. The van der Waals surface area contributed by atoms with Crippen LogP contribution in [0.15, 0.2) is 18.2 Å². The van der Waals surface area contributed by atoms with Crippen molar-refractivity contribution in [3.8, 4) is 0 Å². The third-order valence-electron chi connectivity index (χ3n) is 4.51. The molecule has 0 aliphatic heterocycles. The molecule has 1 aliphatic carbocycles. The van der Waals surface area contributed by atoms with Gasteiger partial charge >= 0.3 is 5.97 Å². The number of aliphatic hydroxyl groups is 1. The summed E-state index contributed by atoms with van der Waals surface area (Å²) >= 11 is 0. The fourth-order valence-electron chi connectivity index (χ4n) is 3.29. The van der Waals surface area contributed by atoms with E-state index in [1.807, 2.05) is 26.0 Å². The Kier molecular flexibility index (Phi) is 4.47. The van der Waals surface area contributed by atoms with Crippen molar-refractivity contribution in [1.29, 1.82) is 0 Å². The number of benzene rings is 1. The Hall–Kier alpha value is -1.68. The highest BCUT2D eigenvalue weighted by Gasteiger charge is 2.51. The molecular weight excluding hydrogens is 268 g/mol. The van der Waals surface area contributed by atoms with Crippen LogP contribution in [-0.4, -0.2) is 30.1 Å². The topological polar surface area (TPSA) is 63.6 Å². The number of esters is 1. The van der Waals surface area contributed by atoms with Gasteiger partial charge in [0.05, 0.1) is 7.11 Å². The number of carbonyl (C=O) groups excluding carboxylic acids is 2. The van der Waals surface area contributed by atoms with E-state index in [4.69, 9.17) is 4.74 Å². The minimum absolute atomic E-state index is 0.389. The van der Waals surface area contributed by atoms with Gasteiger partial charge in [0, 0.05) is 5.56 Å². The van der Waals surface area contributed by atoms with Crippen molar-refractivity contribution in [3.05, 3.63) is 34.9 Å². The number of methoxy groups -OCH3 is 1. The lowest BCUT2D eigenvalue weighted by Crippen LogP contribution is -2.45. The average Bonchev–Trinajstić information content (AvgIpc) is 2.95. The molecule has 1 N–H and O–H groups in total. The first-order valence-corrected chi connectivity index (χ1v) is 7.30. The van der Waals surface area contributed by atoms with Crippen LogP contribution < -0.4 is 0 Å². The molecule has 4 nitrogen and oxygen atoms in total. The standard InChI is InChI=1S/C17H22O4/c1-11-6-7-13(12(2)10-11)14(18)15(19)17(16(20)21-3)8-4-5-9-17/h6-7,10,15,19H,4-5,8-9H2,1-3H3. The van der Waals surface area contributed by atoms with Gasteiger partial charge in [0.2, 0.25) is 0 Å². The number of aliphatic hydroxyl groups excluding tert-OH is 1. The number of ether oxygens (including phenoxy) is 1. The highest BCUT2D eigenvalue weighted by molar-refractivity contribution is 6.03. The predicted octanol–water partition coefficient (Wildman–Crippen LogP) is 2.58. The quantitative estimate of drug-likeness (QED) is 0.684. The second kappa shape index (κ2) is 5.98. The van der Waals surface area contributed by atoms with Crippen molar-refractivity contribution in [2.24, 2.45) is 5.41 Å². The van der Waals surface area contributed by atoms with Crippen molar-refractivity contribution in [2.45, 2.75) is 45.6 Å². The second-order valence-electron chi connectivity index (χ2n) is 5.94. The first-order chi connectivity index (χ1) is 9.92. The molecule has 0 spiro atoms. The van der Waals surface area contributed by atoms with Crippen molar-refractivity contribution in [3.63, 3.8) is 0 Å². The van der Waals surface area contributed by atoms with Gasteiger partial charge < -0.3 is 9.84 Å². The first kappa shape index (κ1) is 15.7. The zero-order chi connectivity index (χ0) is 15.6. The maximum Gasteiger partial charge on any atom is 0.314 e. The highest BCUT2D eigenvalue weighted by atomic mass is 16.5. The molecule has 1 aliphatic rings. The maximum absolute atomic E-state index is 12.6. The van der Waals surface area contributed by atoms with Gasteiger partial charge in [-0.05, 0) is 32.3 Å². The van der Waals surface area contributed by atoms with Crippen molar-refractivity contribution >= 4 is 11.8 Å². The molecule has 0 radical (unpaired) electrons. The SMILES string of the molecule is COC(=O)C1(C(O)C(=O)c2ccc(C)cc2C)CCCC1. The lowest BCUT2D eigenvalue weighted by molar-refractivity contribution is -0.158. The molecule has 1 aromatic rings. The van der Waals surface area contributed by atoms with Gasteiger partial charge in [0.25, 0.3) is 0 Å². The van der Waals surface area contributed by atoms with Crippen LogP contribution >= 0.6 is 0 Å². The number of hydrogen-bond acceptors (Lipinski definition) is 4. The molecule has 0 amide bonds. The molecule has 2 rings (SSSR count). The fourth-order valence-corrected chi connectivity index (χ4v) is 3.29. The smallest absolute Gasteiger partial charge is 0.314 e. The van der Waals surface area contributed by atoms with Crippen LogP contribution in [0.2, 0.25) is 0 Å². The molecule has 0 bridgehead atoms. The van der Waals surface area contributed by atoms with Crippen molar-refractivity contribution < 1.29 is 19.4 Å². The van der Waals surface area contributed by atoms with E-state index in [1.54, 1.807) is 6.07 Å². The van der Waals surface area contributed by atoms with Crippen LogP contribution in [0.25, 0.3) is 0 Å². The molecule has 114 valence electrons. The summed E-state index contributed by atoms with van der Waals surface area (Å²) in [5.41, 5.74) is 1.27. The summed E-state index contributed by atoms with van der Waals surface area (Å²) in [4.78, 5) is 24.7. The van der Waals surface area contributed by atoms with Gasteiger partial charge in [-0.3, -0.25) is 9.59 Å². The lowest BCUT2D eigenvalue weighted by Gasteiger charge is -2.30. The number of Topliss-reactive ketones (excluding diaryl/α,β-unsaturated/α-hetero) is 1. The van der Waals surface area contributed by atoms with Crippen LogP contribution in [0.4, 0.5) is 0 Å². The van der Waals surface area contributed by atoms with Gasteiger partial charge in [0.1, 0.15) is 11.5 Å². The zero-order valence-electron chi connectivity index (χ0n) is 12.8. The van der Waals surface area contributed by atoms with E-state index in [9.17, 15) is 14.7 Å². The van der Waals surface area contributed by atoms with Crippen molar-refractivity contribution in [2.75, 3.05) is 7.11 Å². The Morgan fingerprint density at radius 2 is 1.86 bits per heavy atom. The Bertz CT molecular complexity index is 556. The Morgan fingerprint density at radius 1 is 1.24 bits per heavy atom. The average molecular weight is 290 g/mol. The summed E-state index contributed by atoms with van der Waals surface area (Å²) in [6, 6.07) is 5.46. The third-order valence-corrected chi connectivity index (χ3v) is 4.51. The minimum Gasteiger partial charge on any atom is -0.469 e. The summed E-state index contributed by atoms with van der Waals surface area (Å²) < 4.78 is 4.84. The van der Waals surface area contributed by atoms with Crippen LogP contribution in [-0.2, 0) is 9.53 Å². The fraction of sp³-hybridized carbons (Fsp3) is 0.529. The van der Waals surface area contributed by atoms with Crippen LogP contribution in [0.1, 0.15) is 47.2 Å². The molecule has 1 saturated carbocycles. The molecule has 0 aromatic heterocycles. The Balaban J connectivity index is 2.35. The summed E-state index contributed by atoms with van der Waals surface area (Å²) in [7, 11) is 1.30. The molecule has 1 aromatic carbocycles. The highest BCUT2D eigenvalue weighted by Crippen LogP contribution is 2.43. The van der Waals surface area contributed by atoms with E-state index in [0.717, 1.165) is 24.0 Å². The number of carbonyl (C=O) groups is 2. The maximum atomic E-state index is 12.6. The van der Waals surface area contributed by atoms with E-state index in [0.29, 0.717) is 18.4 Å². The number of ketones is 1. The minimum atomic E-state index is -1.34. The monoisotopic (exact) mass is 290 g/mol. The number of hydrogen-bond donors (Lipinski definition) is 1. The predicted molar refractivity (Wildman–Crippen MR) is 79.2 cm³/mol. The summed E-state index contributed by atoms with van der Waals surface area (Å²) in [6.45, 7) is 3.79. The van der Waals surface area contributed by atoms with Crippen LogP contribution in [0.3, 0.4) is 0 Å². The number of rotatable bonds is 4. The summed E-state index contributed by atoms with van der Waals surface area (Å²) in [5.74, 6) is -0.870. The normalized spacial score (nSPS) is 18.3. The van der Waals surface area contributed by atoms with E-state index >= 15 is 0 Å². The van der Waals surface area contributed by atoms with E-state index in [2.05, 4.69) is 0 Å². The molecule has 21 heavy (non-hydrogen) atoms. The van der Waals surface area contributed by atoms with Gasteiger partial charge in [-0.15, -0.1) is 0 Å². The number of aryl methyl sites for hydroxylation is 2. The van der Waals surface area contributed by atoms with E-state index < -0.39 is 17.5 Å². The van der Waals surface area contributed by atoms with E-state index in [1.165, 1.54) is 7.11 Å². The summed E-state index contributed by atoms with van der Waals surface area (Å²) in [6.07, 6.45) is 1.31. The van der Waals surface area contributed by atoms with Gasteiger partial charge in [-0.1, -0.05) is 36.6 Å². The molecule has 1 fully saturated rings. The largest absolute Gasteiger partial charge is 0.469 e. The molecule has 1 atom stereocenters. The van der Waals surface area contributed by atoms with Gasteiger partial charge in [-0.2, -0.15) is 0 Å². The molecule has 1 unspecified atom stereocenters. The Morgan fingerprint density at radius 3 is 2.38 bits per heavy atom. The first-order valence-electron chi connectivity index (χ1n) is 7.30. The van der Waals surface area contributed by atoms with Gasteiger partial charge in [-0.25, -0.2) is 0 Å². The zero-order valence-corrected chi connectivity index (χ0v) is 12.8.